The third-order valence-corrected chi connectivity index (χ3v) is 3.75. The summed E-state index contributed by atoms with van der Waals surface area (Å²) in [5.41, 5.74) is 2.13. The van der Waals surface area contributed by atoms with Gasteiger partial charge in [-0.25, -0.2) is 4.79 Å². The van der Waals surface area contributed by atoms with Crippen LogP contribution in [0.25, 0.3) is 0 Å². The molecule has 2 N–H and O–H groups in total. The number of aliphatic carboxylic acids is 1. The first-order valence-corrected chi connectivity index (χ1v) is 6.58. The van der Waals surface area contributed by atoms with Crippen LogP contribution in [-0.2, 0) is 14.8 Å². The number of carboxylic acids is 1. The van der Waals surface area contributed by atoms with Crippen LogP contribution in [0.2, 0.25) is 0 Å². The lowest BCUT2D eigenvalue weighted by Gasteiger charge is -2.11. The van der Waals surface area contributed by atoms with Crippen molar-refractivity contribution < 1.29 is 18.3 Å². The molecule has 0 aliphatic heterocycles. The molecule has 0 unspecified atom stereocenters. The van der Waals surface area contributed by atoms with Gasteiger partial charge in [0.25, 0.3) is 10.0 Å². The number of hydrogen-bond acceptors (Lipinski definition) is 4. The zero-order valence-electron chi connectivity index (χ0n) is 10.3. The molecule has 0 saturated heterocycles. The number of carbonyl (C=O) groups is 1. The molecule has 0 bridgehead atoms. The molecule has 7 heteroatoms. The maximum Gasteiger partial charge on any atom is 0.348 e. The number of sulfonamides is 1. The van der Waals surface area contributed by atoms with Crippen molar-refractivity contribution in [1.29, 1.82) is 0 Å². The van der Waals surface area contributed by atoms with E-state index in [2.05, 4.69) is 5.10 Å². The minimum atomic E-state index is -3.85. The number of carboxylic acid groups (broad SMARTS) is 1. The number of hydrazone groups is 1. The van der Waals surface area contributed by atoms with Crippen molar-refractivity contribution in [3.8, 4) is 0 Å². The topological polar surface area (TPSA) is 95.8 Å². The van der Waals surface area contributed by atoms with Gasteiger partial charge in [0.1, 0.15) is 6.21 Å². The smallest absolute Gasteiger partial charge is 0.348 e. The molecule has 0 aliphatic rings. The summed E-state index contributed by atoms with van der Waals surface area (Å²) in [5.74, 6) is -1.32. The number of rotatable bonds is 4. The molecule has 18 heavy (non-hydrogen) atoms. The number of nitrogens with one attached hydrogen (secondary N) is 1. The Hall–Kier alpha value is -1.89. The highest BCUT2D eigenvalue weighted by molar-refractivity contribution is 7.89. The first-order chi connectivity index (χ1) is 8.24. The van der Waals surface area contributed by atoms with Gasteiger partial charge in [0, 0.05) is 0 Å². The highest BCUT2D eigenvalue weighted by Gasteiger charge is 2.19. The molecule has 0 saturated carbocycles. The van der Waals surface area contributed by atoms with Crippen molar-refractivity contribution in [2.45, 2.75) is 25.7 Å². The second-order valence-electron chi connectivity index (χ2n) is 3.92. The highest BCUT2D eigenvalue weighted by Crippen LogP contribution is 2.21. The summed E-state index contributed by atoms with van der Waals surface area (Å²) in [5, 5.41) is 11.5. The molecule has 6 nitrogen and oxygen atoms in total. The van der Waals surface area contributed by atoms with E-state index in [0.29, 0.717) is 17.3 Å². The van der Waals surface area contributed by atoms with Gasteiger partial charge in [-0.1, -0.05) is 17.7 Å². The predicted molar refractivity (Wildman–Crippen MR) is 67.1 cm³/mol. The molecular formula is C11H14N2O4S. The second kappa shape index (κ2) is 5.18. The van der Waals surface area contributed by atoms with Gasteiger partial charge in [-0.05, 0) is 31.9 Å². The molecule has 0 fully saturated rings. The van der Waals surface area contributed by atoms with E-state index in [-0.39, 0.29) is 4.90 Å². The minimum Gasteiger partial charge on any atom is -0.477 e. The first-order valence-electron chi connectivity index (χ1n) is 5.09. The lowest BCUT2D eigenvalue weighted by atomic mass is 10.1. The van der Waals surface area contributed by atoms with Crippen LogP contribution in [0.15, 0.2) is 22.1 Å². The average Bonchev–Trinajstić information content (AvgIpc) is 2.13. The summed E-state index contributed by atoms with van der Waals surface area (Å²) in [6, 6.07) is 3.48. The van der Waals surface area contributed by atoms with E-state index in [1.807, 2.05) is 11.8 Å². The lowest BCUT2D eigenvalue weighted by Crippen LogP contribution is -2.21. The average molecular weight is 270 g/mol. The Morgan fingerprint density at radius 2 is 1.78 bits per heavy atom. The van der Waals surface area contributed by atoms with Gasteiger partial charge in [-0.2, -0.15) is 18.4 Å². The van der Waals surface area contributed by atoms with E-state index < -0.39 is 16.0 Å². The number of benzene rings is 1. The fraction of sp³-hybridized carbons (Fsp3) is 0.273. The Labute approximate surface area is 105 Å². The molecule has 0 aliphatic carbocycles. The van der Waals surface area contributed by atoms with Crippen LogP contribution < -0.4 is 4.83 Å². The second-order valence-corrected chi connectivity index (χ2v) is 5.52. The Kier molecular flexibility index (Phi) is 4.07. The maximum absolute atomic E-state index is 11.9. The van der Waals surface area contributed by atoms with Crippen molar-refractivity contribution in [2.75, 3.05) is 0 Å². The van der Waals surface area contributed by atoms with Crippen molar-refractivity contribution in [3.63, 3.8) is 0 Å². The fourth-order valence-corrected chi connectivity index (χ4v) is 3.04. The summed E-state index contributed by atoms with van der Waals surface area (Å²) < 4.78 is 23.9. The quantitative estimate of drug-likeness (QED) is 0.629. The van der Waals surface area contributed by atoms with E-state index in [9.17, 15) is 13.2 Å². The normalized spacial score (nSPS) is 11.7. The molecule has 1 aromatic rings. The van der Waals surface area contributed by atoms with Gasteiger partial charge < -0.3 is 5.11 Å². The molecule has 1 aromatic carbocycles. The first kappa shape index (κ1) is 14.2. The summed E-state index contributed by atoms with van der Waals surface area (Å²) in [7, 11) is -3.85. The van der Waals surface area contributed by atoms with E-state index in [1.165, 1.54) is 0 Å². The van der Waals surface area contributed by atoms with Crippen LogP contribution in [0.3, 0.4) is 0 Å². The van der Waals surface area contributed by atoms with E-state index >= 15 is 0 Å². The van der Waals surface area contributed by atoms with E-state index in [0.717, 1.165) is 5.56 Å². The maximum atomic E-state index is 11.9. The Balaban J connectivity index is 3.17. The number of hydrogen-bond donors (Lipinski definition) is 2. The lowest BCUT2D eigenvalue weighted by molar-refractivity contribution is -0.128. The largest absolute Gasteiger partial charge is 0.477 e. The van der Waals surface area contributed by atoms with Gasteiger partial charge in [0.15, 0.2) is 0 Å². The summed E-state index contributed by atoms with van der Waals surface area (Å²) >= 11 is 0. The van der Waals surface area contributed by atoms with Gasteiger partial charge in [-0.3, -0.25) is 0 Å². The highest BCUT2D eigenvalue weighted by atomic mass is 32.2. The van der Waals surface area contributed by atoms with Gasteiger partial charge in [0.2, 0.25) is 0 Å². The van der Waals surface area contributed by atoms with Crippen LogP contribution in [0, 0.1) is 20.8 Å². The summed E-state index contributed by atoms with van der Waals surface area (Å²) in [6.45, 7) is 5.22. The molecule has 0 spiro atoms. The van der Waals surface area contributed by atoms with Crippen molar-refractivity contribution >= 4 is 22.2 Å². The van der Waals surface area contributed by atoms with Crippen LogP contribution in [0.1, 0.15) is 16.7 Å². The van der Waals surface area contributed by atoms with Crippen LogP contribution in [-0.4, -0.2) is 25.7 Å². The Morgan fingerprint density at radius 1 is 1.28 bits per heavy atom. The van der Waals surface area contributed by atoms with Crippen molar-refractivity contribution in [1.82, 2.24) is 4.83 Å². The molecule has 1 rings (SSSR count). The van der Waals surface area contributed by atoms with Gasteiger partial charge in [-0.15, -0.1) is 0 Å². The Bertz CT molecular complexity index is 582. The van der Waals surface area contributed by atoms with Crippen LogP contribution >= 0.6 is 0 Å². The minimum absolute atomic E-state index is 0.121. The Morgan fingerprint density at radius 3 is 2.22 bits per heavy atom. The molecule has 0 atom stereocenters. The zero-order chi connectivity index (χ0) is 13.9. The van der Waals surface area contributed by atoms with Crippen LogP contribution in [0.5, 0.6) is 0 Å². The zero-order valence-corrected chi connectivity index (χ0v) is 11.1. The predicted octanol–water partition coefficient (Wildman–Crippen LogP) is 0.961. The molecule has 0 amide bonds. The fourth-order valence-electron chi connectivity index (χ4n) is 1.79. The molecule has 0 radical (unpaired) electrons. The summed E-state index contributed by atoms with van der Waals surface area (Å²) in [6.07, 6.45) is 0.483. The van der Waals surface area contributed by atoms with Crippen LogP contribution in [0.4, 0.5) is 0 Å². The summed E-state index contributed by atoms with van der Waals surface area (Å²) in [4.78, 5) is 12.2. The van der Waals surface area contributed by atoms with E-state index in [1.54, 1.807) is 26.0 Å². The molecule has 0 heterocycles. The molecule has 98 valence electrons. The standard InChI is InChI=1S/C11H14N2O4S/c1-7-4-8(2)11(9(3)5-7)18(16,17)13-12-6-10(14)15/h4-6,13H,1-3H3,(H,14,15). The van der Waals surface area contributed by atoms with Crippen molar-refractivity contribution in [2.24, 2.45) is 5.10 Å². The third-order valence-electron chi connectivity index (χ3n) is 2.22. The third kappa shape index (κ3) is 3.30. The SMILES string of the molecule is Cc1cc(C)c(S(=O)(=O)NN=CC(=O)O)c(C)c1. The van der Waals surface area contributed by atoms with Gasteiger partial charge in [0.05, 0.1) is 4.90 Å². The van der Waals surface area contributed by atoms with Gasteiger partial charge >= 0.3 is 5.97 Å². The molecule has 0 aromatic heterocycles. The number of aryl methyl sites for hydroxylation is 3. The monoisotopic (exact) mass is 270 g/mol. The molecular weight excluding hydrogens is 256 g/mol. The van der Waals surface area contributed by atoms with E-state index in [4.69, 9.17) is 5.11 Å². The number of nitrogens with zero attached hydrogens (tertiary/aromatic N) is 1. The van der Waals surface area contributed by atoms with Crippen molar-refractivity contribution in [3.05, 3.63) is 28.8 Å².